The van der Waals surface area contributed by atoms with Gasteiger partial charge in [0, 0.05) is 18.9 Å². The molecule has 1 aromatic heterocycles. The van der Waals surface area contributed by atoms with Gasteiger partial charge in [-0.15, -0.1) is 0 Å². The molecule has 3 heteroatoms. The van der Waals surface area contributed by atoms with E-state index >= 15 is 0 Å². The lowest BCUT2D eigenvalue weighted by molar-refractivity contribution is 0.674. The molecule has 2 N–H and O–H groups in total. The first-order chi connectivity index (χ1) is 5.86. The summed E-state index contributed by atoms with van der Waals surface area (Å²) in [7, 11) is 0. The molecular weight excluding hydrogens is 150 g/mol. The Bertz CT molecular complexity index is 245. The van der Waals surface area contributed by atoms with Gasteiger partial charge in [-0.25, -0.2) is 0 Å². The molecule has 1 unspecified atom stereocenters. The van der Waals surface area contributed by atoms with Gasteiger partial charge in [0.25, 0.3) is 0 Å². The van der Waals surface area contributed by atoms with Gasteiger partial charge in [-0.1, -0.05) is 6.92 Å². The highest BCUT2D eigenvalue weighted by Gasteiger charge is 2.02. The fraction of sp³-hybridized carbons (Fsp3) is 0.444. The van der Waals surface area contributed by atoms with Gasteiger partial charge in [0.15, 0.2) is 0 Å². The Balaban J connectivity index is 2.31. The number of nitriles is 1. The van der Waals surface area contributed by atoms with E-state index in [1.54, 1.807) is 0 Å². The summed E-state index contributed by atoms with van der Waals surface area (Å²) in [5, 5.41) is 11.8. The maximum atomic E-state index is 8.66. The fourth-order valence-corrected chi connectivity index (χ4v) is 0.956. The Kier molecular flexibility index (Phi) is 3.21. The van der Waals surface area contributed by atoms with Crippen LogP contribution in [0.15, 0.2) is 18.5 Å². The van der Waals surface area contributed by atoms with Gasteiger partial charge in [0.05, 0.1) is 17.7 Å². The van der Waals surface area contributed by atoms with Crippen molar-refractivity contribution in [1.29, 1.82) is 5.26 Å². The second-order valence-electron chi connectivity index (χ2n) is 2.71. The minimum Gasteiger partial charge on any atom is -0.383 e. The molecule has 1 atom stereocenters. The monoisotopic (exact) mass is 163 g/mol. The van der Waals surface area contributed by atoms with Crippen LogP contribution in [-0.2, 0) is 0 Å². The van der Waals surface area contributed by atoms with Gasteiger partial charge < -0.3 is 10.3 Å². The van der Waals surface area contributed by atoms with Crippen molar-refractivity contribution in [3.05, 3.63) is 18.5 Å². The molecule has 1 aromatic rings. The summed E-state index contributed by atoms with van der Waals surface area (Å²) in [6.07, 6.45) is 4.63. The first-order valence-corrected chi connectivity index (χ1v) is 4.13. The number of hydrogen-bond acceptors (Lipinski definition) is 2. The van der Waals surface area contributed by atoms with E-state index in [1.165, 1.54) is 0 Å². The fourth-order valence-electron chi connectivity index (χ4n) is 0.956. The average molecular weight is 163 g/mol. The van der Waals surface area contributed by atoms with Crippen LogP contribution in [0, 0.1) is 17.2 Å². The van der Waals surface area contributed by atoms with Crippen LogP contribution >= 0.6 is 0 Å². The minimum atomic E-state index is 0.111. The Hall–Kier alpha value is -1.43. The van der Waals surface area contributed by atoms with Crippen molar-refractivity contribution in [2.45, 2.75) is 13.3 Å². The zero-order chi connectivity index (χ0) is 8.81. The molecule has 0 spiro atoms. The standard InChI is InChI=1S/C9H13N3/c1-2-8(5-10)6-12-9-3-4-11-7-9/h3-4,7-8,11-12H,2,6H2,1H3. The van der Waals surface area contributed by atoms with E-state index in [4.69, 9.17) is 5.26 Å². The second kappa shape index (κ2) is 4.45. The molecule has 1 heterocycles. The molecule has 3 nitrogen and oxygen atoms in total. The van der Waals surface area contributed by atoms with E-state index < -0.39 is 0 Å². The largest absolute Gasteiger partial charge is 0.383 e. The van der Waals surface area contributed by atoms with E-state index in [9.17, 15) is 0 Å². The molecule has 0 aliphatic carbocycles. The number of aromatic amines is 1. The minimum absolute atomic E-state index is 0.111. The summed E-state index contributed by atoms with van der Waals surface area (Å²) in [6.45, 7) is 2.75. The van der Waals surface area contributed by atoms with Crippen molar-refractivity contribution in [1.82, 2.24) is 4.98 Å². The zero-order valence-electron chi connectivity index (χ0n) is 7.17. The number of rotatable bonds is 4. The highest BCUT2D eigenvalue weighted by molar-refractivity contribution is 5.40. The molecular formula is C9H13N3. The van der Waals surface area contributed by atoms with Crippen molar-refractivity contribution < 1.29 is 0 Å². The summed E-state index contributed by atoms with van der Waals surface area (Å²) in [4.78, 5) is 2.94. The first kappa shape index (κ1) is 8.66. The quantitative estimate of drug-likeness (QED) is 0.713. The Morgan fingerprint density at radius 1 is 1.75 bits per heavy atom. The molecule has 0 aliphatic rings. The maximum Gasteiger partial charge on any atom is 0.0674 e. The number of nitrogens with one attached hydrogen (secondary N) is 2. The van der Waals surface area contributed by atoms with Crippen molar-refractivity contribution in [3.8, 4) is 6.07 Å². The van der Waals surface area contributed by atoms with Crippen LogP contribution in [-0.4, -0.2) is 11.5 Å². The molecule has 12 heavy (non-hydrogen) atoms. The van der Waals surface area contributed by atoms with Crippen molar-refractivity contribution >= 4 is 5.69 Å². The van der Waals surface area contributed by atoms with Crippen molar-refractivity contribution in [2.75, 3.05) is 11.9 Å². The van der Waals surface area contributed by atoms with Crippen LogP contribution in [0.4, 0.5) is 5.69 Å². The van der Waals surface area contributed by atoms with Gasteiger partial charge in [-0.3, -0.25) is 0 Å². The second-order valence-corrected chi connectivity index (χ2v) is 2.71. The predicted octanol–water partition coefficient (Wildman–Crippen LogP) is 1.98. The van der Waals surface area contributed by atoms with Crippen LogP contribution in [0.5, 0.6) is 0 Å². The Labute approximate surface area is 72.4 Å². The molecule has 0 bridgehead atoms. The number of anilines is 1. The third-order valence-corrected chi connectivity index (χ3v) is 1.83. The molecule has 0 aromatic carbocycles. The van der Waals surface area contributed by atoms with E-state index in [0.717, 1.165) is 18.7 Å². The van der Waals surface area contributed by atoms with Crippen LogP contribution < -0.4 is 5.32 Å². The van der Waals surface area contributed by atoms with Gasteiger partial charge in [0.2, 0.25) is 0 Å². The topological polar surface area (TPSA) is 51.6 Å². The summed E-state index contributed by atoms with van der Waals surface area (Å²) < 4.78 is 0. The molecule has 0 saturated heterocycles. The first-order valence-electron chi connectivity index (χ1n) is 4.13. The number of H-pyrrole nitrogens is 1. The zero-order valence-corrected chi connectivity index (χ0v) is 7.17. The lowest BCUT2D eigenvalue weighted by Crippen LogP contribution is -2.10. The summed E-state index contributed by atoms with van der Waals surface area (Å²) in [5.41, 5.74) is 1.05. The summed E-state index contributed by atoms with van der Waals surface area (Å²) in [5.74, 6) is 0.111. The van der Waals surface area contributed by atoms with Gasteiger partial charge in [-0.2, -0.15) is 5.26 Å². The molecule has 0 saturated carbocycles. The molecule has 64 valence electrons. The van der Waals surface area contributed by atoms with Gasteiger partial charge in [-0.05, 0) is 12.5 Å². The highest BCUT2D eigenvalue weighted by Crippen LogP contribution is 2.06. The van der Waals surface area contributed by atoms with Crippen LogP contribution in [0.3, 0.4) is 0 Å². The van der Waals surface area contributed by atoms with E-state index in [1.807, 2.05) is 25.4 Å². The predicted molar refractivity (Wildman–Crippen MR) is 48.7 cm³/mol. The number of nitrogens with zero attached hydrogens (tertiary/aromatic N) is 1. The number of hydrogen-bond donors (Lipinski definition) is 2. The van der Waals surface area contributed by atoms with Crippen LogP contribution in [0.25, 0.3) is 0 Å². The van der Waals surface area contributed by atoms with Crippen molar-refractivity contribution in [3.63, 3.8) is 0 Å². The molecule has 0 amide bonds. The molecule has 0 radical (unpaired) electrons. The van der Waals surface area contributed by atoms with E-state index in [0.29, 0.717) is 0 Å². The van der Waals surface area contributed by atoms with Crippen molar-refractivity contribution in [2.24, 2.45) is 5.92 Å². The van der Waals surface area contributed by atoms with Gasteiger partial charge in [0.1, 0.15) is 0 Å². The molecule has 1 rings (SSSR count). The average Bonchev–Trinajstić information content (AvgIpc) is 2.59. The van der Waals surface area contributed by atoms with E-state index in [-0.39, 0.29) is 5.92 Å². The van der Waals surface area contributed by atoms with Crippen LogP contribution in [0.2, 0.25) is 0 Å². The molecule has 0 fully saturated rings. The lowest BCUT2D eigenvalue weighted by Gasteiger charge is -2.06. The Morgan fingerprint density at radius 2 is 2.58 bits per heavy atom. The number of aromatic nitrogens is 1. The maximum absolute atomic E-state index is 8.66. The third-order valence-electron chi connectivity index (χ3n) is 1.83. The molecule has 0 aliphatic heterocycles. The summed E-state index contributed by atoms with van der Waals surface area (Å²) >= 11 is 0. The SMILES string of the molecule is CCC(C#N)CNc1cc[nH]c1. The highest BCUT2D eigenvalue weighted by atomic mass is 14.9. The lowest BCUT2D eigenvalue weighted by atomic mass is 10.1. The van der Waals surface area contributed by atoms with Crippen LogP contribution in [0.1, 0.15) is 13.3 Å². The third kappa shape index (κ3) is 2.31. The Morgan fingerprint density at radius 3 is 3.08 bits per heavy atom. The van der Waals surface area contributed by atoms with Gasteiger partial charge >= 0.3 is 0 Å². The summed E-state index contributed by atoms with van der Waals surface area (Å²) in [6, 6.07) is 4.19. The van der Waals surface area contributed by atoms with E-state index in [2.05, 4.69) is 16.4 Å². The normalized spacial score (nSPS) is 12.0. The smallest absolute Gasteiger partial charge is 0.0674 e.